The second kappa shape index (κ2) is 8.32. The van der Waals surface area contributed by atoms with E-state index in [9.17, 15) is 9.50 Å². The van der Waals surface area contributed by atoms with Crippen molar-refractivity contribution in [1.29, 1.82) is 0 Å². The van der Waals surface area contributed by atoms with Crippen LogP contribution >= 0.6 is 0 Å². The number of aliphatic hydroxyl groups is 1. The van der Waals surface area contributed by atoms with Gasteiger partial charge in [-0.2, -0.15) is 0 Å². The van der Waals surface area contributed by atoms with Gasteiger partial charge in [-0.1, -0.05) is 30.3 Å². The average molecular weight is 344 g/mol. The lowest BCUT2D eigenvalue weighted by Crippen LogP contribution is -2.41. The quantitative estimate of drug-likeness (QED) is 0.843. The summed E-state index contributed by atoms with van der Waals surface area (Å²) in [5.41, 5.74) is 1.38. The Morgan fingerprint density at radius 3 is 2.56 bits per heavy atom. The van der Waals surface area contributed by atoms with Crippen LogP contribution in [0.1, 0.15) is 24.5 Å². The molecule has 1 heterocycles. The van der Waals surface area contributed by atoms with Gasteiger partial charge in [0.1, 0.15) is 11.6 Å². The molecule has 0 saturated carbocycles. The number of para-hydroxylation sites is 2. The van der Waals surface area contributed by atoms with Gasteiger partial charge in [0.05, 0.1) is 18.9 Å². The van der Waals surface area contributed by atoms with Gasteiger partial charge in [0.15, 0.2) is 0 Å². The van der Waals surface area contributed by atoms with Crippen molar-refractivity contribution in [2.45, 2.75) is 25.0 Å². The molecule has 1 atom stereocenters. The van der Waals surface area contributed by atoms with Gasteiger partial charge >= 0.3 is 0 Å². The number of aliphatic hydroxyl groups excluding tert-OH is 1. The molecule has 134 valence electrons. The molecular formula is C20H25FN2O2. The van der Waals surface area contributed by atoms with Crippen LogP contribution in [0.3, 0.4) is 0 Å². The lowest BCUT2D eigenvalue weighted by atomic mass is 10.0. The molecule has 2 aromatic carbocycles. The number of anilines is 1. The molecular weight excluding hydrogens is 319 g/mol. The number of ether oxygens (including phenoxy) is 1. The van der Waals surface area contributed by atoms with Gasteiger partial charge in [-0.15, -0.1) is 0 Å². The SMILES string of the molecule is COc1ccccc1NC1CCN(CC(O)c2ccccc2F)CC1. The topological polar surface area (TPSA) is 44.7 Å². The maximum Gasteiger partial charge on any atom is 0.141 e. The molecule has 1 fully saturated rings. The van der Waals surface area contributed by atoms with Crippen molar-refractivity contribution in [3.8, 4) is 5.75 Å². The number of benzene rings is 2. The van der Waals surface area contributed by atoms with E-state index < -0.39 is 6.10 Å². The minimum absolute atomic E-state index is 0.345. The number of rotatable bonds is 6. The third kappa shape index (κ3) is 4.50. The molecule has 1 aliphatic rings. The average Bonchev–Trinajstić information content (AvgIpc) is 2.64. The van der Waals surface area contributed by atoms with Gasteiger partial charge in [0.25, 0.3) is 0 Å². The van der Waals surface area contributed by atoms with E-state index in [1.807, 2.05) is 24.3 Å². The summed E-state index contributed by atoms with van der Waals surface area (Å²) in [6, 6.07) is 14.7. The van der Waals surface area contributed by atoms with Crippen LogP contribution in [0, 0.1) is 5.82 Å². The normalized spacial score (nSPS) is 17.2. The van der Waals surface area contributed by atoms with Gasteiger partial charge in [-0.05, 0) is 31.0 Å². The first-order valence-electron chi connectivity index (χ1n) is 8.72. The molecule has 5 heteroatoms. The summed E-state index contributed by atoms with van der Waals surface area (Å²) in [4.78, 5) is 2.19. The number of methoxy groups -OCH3 is 1. The second-order valence-corrected chi connectivity index (χ2v) is 6.46. The second-order valence-electron chi connectivity index (χ2n) is 6.46. The highest BCUT2D eigenvalue weighted by Gasteiger charge is 2.23. The van der Waals surface area contributed by atoms with Gasteiger partial charge in [0, 0.05) is 31.2 Å². The summed E-state index contributed by atoms with van der Waals surface area (Å²) in [5, 5.41) is 13.9. The van der Waals surface area contributed by atoms with Crippen molar-refractivity contribution >= 4 is 5.69 Å². The molecule has 0 bridgehead atoms. The Hall–Kier alpha value is -2.11. The number of likely N-dealkylation sites (tertiary alicyclic amines) is 1. The van der Waals surface area contributed by atoms with Crippen molar-refractivity contribution in [3.05, 3.63) is 59.9 Å². The number of β-amino-alcohol motifs (C(OH)–C–C–N with tert-alkyl or cyclic N) is 1. The predicted molar refractivity (Wildman–Crippen MR) is 97.4 cm³/mol. The number of halogens is 1. The molecule has 1 saturated heterocycles. The van der Waals surface area contributed by atoms with Crippen molar-refractivity contribution in [2.24, 2.45) is 0 Å². The predicted octanol–water partition coefficient (Wildman–Crippen LogP) is 3.44. The monoisotopic (exact) mass is 344 g/mol. The molecule has 0 radical (unpaired) electrons. The molecule has 0 aliphatic carbocycles. The van der Waals surface area contributed by atoms with E-state index >= 15 is 0 Å². The van der Waals surface area contributed by atoms with Crippen LogP contribution in [0.5, 0.6) is 5.75 Å². The first-order chi connectivity index (χ1) is 12.2. The van der Waals surface area contributed by atoms with Crippen LogP contribution in [0.2, 0.25) is 0 Å². The first kappa shape index (κ1) is 17.7. The number of nitrogens with zero attached hydrogens (tertiary/aromatic N) is 1. The van der Waals surface area contributed by atoms with E-state index in [1.165, 1.54) is 6.07 Å². The van der Waals surface area contributed by atoms with Crippen molar-refractivity contribution < 1.29 is 14.2 Å². The number of piperidine rings is 1. The van der Waals surface area contributed by atoms with E-state index in [1.54, 1.807) is 25.3 Å². The van der Waals surface area contributed by atoms with Crippen LogP contribution in [0.4, 0.5) is 10.1 Å². The van der Waals surface area contributed by atoms with Crippen LogP contribution < -0.4 is 10.1 Å². The Balaban J connectivity index is 1.51. The molecule has 3 rings (SSSR count). The zero-order valence-corrected chi connectivity index (χ0v) is 14.5. The molecule has 0 aromatic heterocycles. The maximum atomic E-state index is 13.8. The Labute approximate surface area is 148 Å². The van der Waals surface area contributed by atoms with Gasteiger partial charge in [-0.3, -0.25) is 0 Å². The molecule has 25 heavy (non-hydrogen) atoms. The third-order valence-electron chi connectivity index (χ3n) is 4.75. The Bertz CT molecular complexity index is 687. The summed E-state index contributed by atoms with van der Waals surface area (Å²) in [6.07, 6.45) is 1.16. The van der Waals surface area contributed by atoms with Gasteiger partial charge in [0.2, 0.25) is 0 Å². The summed E-state index contributed by atoms with van der Waals surface area (Å²) in [5.74, 6) is 0.502. The van der Waals surface area contributed by atoms with E-state index in [0.717, 1.165) is 37.4 Å². The highest BCUT2D eigenvalue weighted by atomic mass is 19.1. The summed E-state index contributed by atoms with van der Waals surface area (Å²) < 4.78 is 19.1. The Kier molecular flexibility index (Phi) is 5.89. The van der Waals surface area contributed by atoms with Crippen LogP contribution in [0.25, 0.3) is 0 Å². The first-order valence-corrected chi connectivity index (χ1v) is 8.72. The van der Waals surface area contributed by atoms with Crippen molar-refractivity contribution in [2.75, 3.05) is 32.1 Å². The standard InChI is InChI=1S/C20H25FN2O2/c1-25-20-9-5-4-8-18(20)22-15-10-12-23(13-11-15)14-19(24)16-6-2-3-7-17(16)21/h2-9,15,19,22,24H,10-14H2,1H3. The molecule has 0 spiro atoms. The number of hydrogen-bond donors (Lipinski definition) is 2. The summed E-state index contributed by atoms with van der Waals surface area (Å²) in [7, 11) is 1.67. The third-order valence-corrected chi connectivity index (χ3v) is 4.75. The minimum Gasteiger partial charge on any atom is -0.495 e. The summed E-state index contributed by atoms with van der Waals surface area (Å²) >= 11 is 0. The highest BCUT2D eigenvalue weighted by Crippen LogP contribution is 2.26. The van der Waals surface area contributed by atoms with Crippen molar-refractivity contribution in [1.82, 2.24) is 4.90 Å². The van der Waals surface area contributed by atoms with Crippen molar-refractivity contribution in [3.63, 3.8) is 0 Å². The Morgan fingerprint density at radius 2 is 1.84 bits per heavy atom. The molecule has 0 amide bonds. The summed E-state index contributed by atoms with van der Waals surface area (Å²) in [6.45, 7) is 2.21. The maximum absolute atomic E-state index is 13.8. The fraction of sp³-hybridized carbons (Fsp3) is 0.400. The molecule has 2 aromatic rings. The highest BCUT2D eigenvalue weighted by molar-refractivity contribution is 5.56. The van der Waals surface area contributed by atoms with E-state index in [0.29, 0.717) is 18.2 Å². The van der Waals surface area contributed by atoms with E-state index in [4.69, 9.17) is 4.74 Å². The van der Waals surface area contributed by atoms with E-state index in [-0.39, 0.29) is 5.82 Å². The fourth-order valence-corrected chi connectivity index (χ4v) is 3.33. The van der Waals surface area contributed by atoms with Crippen LogP contribution in [-0.2, 0) is 0 Å². The molecule has 1 unspecified atom stereocenters. The zero-order chi connectivity index (χ0) is 17.6. The minimum atomic E-state index is -0.792. The van der Waals surface area contributed by atoms with Crippen LogP contribution in [-0.4, -0.2) is 42.8 Å². The Morgan fingerprint density at radius 1 is 1.16 bits per heavy atom. The van der Waals surface area contributed by atoms with Gasteiger partial charge < -0.3 is 20.1 Å². The molecule has 2 N–H and O–H groups in total. The zero-order valence-electron chi connectivity index (χ0n) is 14.5. The lowest BCUT2D eigenvalue weighted by molar-refractivity contribution is 0.0965. The largest absolute Gasteiger partial charge is 0.495 e. The number of nitrogens with one attached hydrogen (secondary N) is 1. The molecule has 1 aliphatic heterocycles. The van der Waals surface area contributed by atoms with Crippen LogP contribution in [0.15, 0.2) is 48.5 Å². The van der Waals surface area contributed by atoms with Gasteiger partial charge in [-0.25, -0.2) is 4.39 Å². The lowest BCUT2D eigenvalue weighted by Gasteiger charge is -2.34. The molecule has 4 nitrogen and oxygen atoms in total. The fourth-order valence-electron chi connectivity index (χ4n) is 3.33. The van der Waals surface area contributed by atoms with E-state index in [2.05, 4.69) is 10.2 Å². The number of hydrogen-bond acceptors (Lipinski definition) is 4. The smallest absolute Gasteiger partial charge is 0.141 e.